The van der Waals surface area contributed by atoms with Crippen molar-refractivity contribution < 1.29 is 19.4 Å². The minimum absolute atomic E-state index is 0.0409. The van der Waals surface area contributed by atoms with Gasteiger partial charge in [-0.05, 0) is 52.4 Å². The molecule has 29 heavy (non-hydrogen) atoms. The lowest BCUT2D eigenvalue weighted by Gasteiger charge is -2.28. The standard InChI is InChI=1S/C19H14BrN5O4/c1-29-18(28)15-14(17(27)11-2-6-12(20)7-3-11)16(10-4-8-13(26)9-5-10)25-19(21-15)22-23-24-25/h2-9,16,26H,1H3,(H,21,22,24)/t16-/m1/s1. The predicted octanol–water partition coefficient (Wildman–Crippen LogP) is 2.47. The number of nitrogens with zero attached hydrogens (tertiary/aromatic N) is 4. The molecule has 4 rings (SSSR count). The van der Waals surface area contributed by atoms with E-state index in [1.54, 1.807) is 36.4 Å². The van der Waals surface area contributed by atoms with Gasteiger partial charge in [0.05, 0.1) is 12.7 Å². The molecule has 2 aromatic carbocycles. The van der Waals surface area contributed by atoms with Crippen LogP contribution in [-0.4, -0.2) is 44.2 Å². The summed E-state index contributed by atoms with van der Waals surface area (Å²) in [6.45, 7) is 0. The van der Waals surface area contributed by atoms with Crippen molar-refractivity contribution in [3.05, 3.63) is 75.4 Å². The second-order valence-corrected chi connectivity index (χ2v) is 7.10. The maximum atomic E-state index is 13.5. The molecule has 1 aliphatic heterocycles. The summed E-state index contributed by atoms with van der Waals surface area (Å²) in [5.41, 5.74) is 1.08. The third-order valence-electron chi connectivity index (χ3n) is 4.47. The number of aromatic hydroxyl groups is 1. The Bertz CT molecular complexity index is 1120. The summed E-state index contributed by atoms with van der Waals surface area (Å²) in [4.78, 5) is 26.0. The van der Waals surface area contributed by atoms with Gasteiger partial charge in [0.2, 0.25) is 5.95 Å². The van der Waals surface area contributed by atoms with Gasteiger partial charge in [0.15, 0.2) is 5.78 Å². The highest BCUT2D eigenvalue weighted by Crippen LogP contribution is 2.37. The third-order valence-corrected chi connectivity index (χ3v) is 5.00. The first-order valence-electron chi connectivity index (χ1n) is 8.46. The number of tetrazole rings is 1. The number of hydrogen-bond donors (Lipinski definition) is 2. The van der Waals surface area contributed by atoms with Gasteiger partial charge in [0.25, 0.3) is 0 Å². The first-order chi connectivity index (χ1) is 14.0. The maximum absolute atomic E-state index is 13.5. The number of methoxy groups -OCH3 is 1. The summed E-state index contributed by atoms with van der Waals surface area (Å²) in [6.07, 6.45) is 0. The van der Waals surface area contributed by atoms with Crippen molar-refractivity contribution in [2.24, 2.45) is 0 Å². The van der Waals surface area contributed by atoms with Gasteiger partial charge >= 0.3 is 5.97 Å². The van der Waals surface area contributed by atoms with E-state index < -0.39 is 12.0 Å². The lowest BCUT2D eigenvalue weighted by Crippen LogP contribution is -2.32. The Balaban J connectivity index is 1.94. The molecule has 0 radical (unpaired) electrons. The van der Waals surface area contributed by atoms with Crippen LogP contribution in [0.15, 0.2) is 64.3 Å². The predicted molar refractivity (Wildman–Crippen MR) is 105 cm³/mol. The number of carbonyl (C=O) groups is 2. The largest absolute Gasteiger partial charge is 0.508 e. The molecule has 0 saturated heterocycles. The molecule has 2 heterocycles. The summed E-state index contributed by atoms with van der Waals surface area (Å²) < 4.78 is 7.11. The molecule has 0 aliphatic carbocycles. The Hall–Kier alpha value is -3.53. The highest BCUT2D eigenvalue weighted by molar-refractivity contribution is 9.10. The number of Topliss-reactive ketones (excluding diaryl/α,β-unsaturated/α-hetero) is 1. The molecule has 0 spiro atoms. The Morgan fingerprint density at radius 3 is 2.48 bits per heavy atom. The molecule has 1 aromatic heterocycles. The average molecular weight is 456 g/mol. The number of allylic oxidation sites excluding steroid dienone is 1. The molecule has 0 saturated carbocycles. The van der Waals surface area contributed by atoms with Crippen LogP contribution < -0.4 is 5.32 Å². The van der Waals surface area contributed by atoms with Crippen molar-refractivity contribution in [3.8, 4) is 5.75 Å². The number of phenolic OH excluding ortho intramolecular Hbond substituents is 1. The lowest BCUT2D eigenvalue weighted by molar-refractivity contribution is -0.136. The van der Waals surface area contributed by atoms with Crippen LogP contribution >= 0.6 is 15.9 Å². The number of esters is 1. The Morgan fingerprint density at radius 1 is 1.14 bits per heavy atom. The van der Waals surface area contributed by atoms with E-state index in [9.17, 15) is 14.7 Å². The molecular weight excluding hydrogens is 442 g/mol. The normalized spacial score (nSPS) is 15.4. The van der Waals surface area contributed by atoms with Crippen molar-refractivity contribution in [1.29, 1.82) is 0 Å². The fraction of sp³-hybridized carbons (Fsp3) is 0.105. The van der Waals surface area contributed by atoms with Crippen LogP contribution in [-0.2, 0) is 9.53 Å². The minimum Gasteiger partial charge on any atom is -0.508 e. The smallest absolute Gasteiger partial charge is 0.355 e. The maximum Gasteiger partial charge on any atom is 0.355 e. The van der Waals surface area contributed by atoms with Crippen molar-refractivity contribution >= 4 is 33.6 Å². The lowest BCUT2D eigenvalue weighted by atomic mass is 9.89. The molecule has 146 valence electrons. The number of ether oxygens (including phenoxy) is 1. The summed E-state index contributed by atoms with van der Waals surface area (Å²) in [5, 5.41) is 24.0. The van der Waals surface area contributed by atoms with E-state index >= 15 is 0 Å². The summed E-state index contributed by atoms with van der Waals surface area (Å²) in [7, 11) is 1.23. The fourth-order valence-corrected chi connectivity index (χ4v) is 3.37. The van der Waals surface area contributed by atoms with E-state index in [4.69, 9.17) is 4.74 Å². The number of benzene rings is 2. The van der Waals surface area contributed by atoms with Gasteiger partial charge in [-0.15, -0.1) is 0 Å². The summed E-state index contributed by atoms with van der Waals surface area (Å²) >= 11 is 3.34. The van der Waals surface area contributed by atoms with Crippen LogP contribution in [0, 0.1) is 0 Å². The molecule has 1 atom stereocenters. The number of phenols is 1. The number of fused-ring (bicyclic) bond motifs is 1. The topological polar surface area (TPSA) is 119 Å². The van der Waals surface area contributed by atoms with E-state index in [0.29, 0.717) is 11.1 Å². The zero-order valence-electron chi connectivity index (χ0n) is 15.0. The van der Waals surface area contributed by atoms with Crippen molar-refractivity contribution in [3.63, 3.8) is 0 Å². The quantitative estimate of drug-likeness (QED) is 0.454. The first-order valence-corrected chi connectivity index (χ1v) is 9.25. The van der Waals surface area contributed by atoms with Gasteiger partial charge < -0.3 is 15.2 Å². The molecule has 0 fully saturated rings. The number of aromatic nitrogens is 4. The zero-order valence-corrected chi connectivity index (χ0v) is 16.6. The molecular formula is C19H14BrN5O4. The zero-order chi connectivity index (χ0) is 20.5. The molecule has 3 aromatic rings. The van der Waals surface area contributed by atoms with Gasteiger partial charge in [-0.2, -0.15) is 4.68 Å². The highest BCUT2D eigenvalue weighted by Gasteiger charge is 2.38. The van der Waals surface area contributed by atoms with Crippen LogP contribution in [0.25, 0.3) is 0 Å². The molecule has 0 amide bonds. The van der Waals surface area contributed by atoms with Gasteiger partial charge in [-0.1, -0.05) is 33.2 Å². The molecule has 1 aliphatic rings. The number of carbonyl (C=O) groups excluding carboxylic acids is 2. The van der Waals surface area contributed by atoms with Gasteiger partial charge in [0.1, 0.15) is 17.5 Å². The number of halogens is 1. The average Bonchev–Trinajstić information content (AvgIpc) is 3.21. The van der Waals surface area contributed by atoms with Crippen LogP contribution in [0.2, 0.25) is 0 Å². The first kappa shape index (κ1) is 18.8. The molecule has 0 bridgehead atoms. The van der Waals surface area contributed by atoms with Crippen molar-refractivity contribution in [1.82, 2.24) is 20.2 Å². The third kappa shape index (κ3) is 3.38. The SMILES string of the molecule is COC(=O)C1=C(C(=O)c2ccc(Br)cc2)[C@@H](c2ccc(O)cc2)n2nnnc2N1. The van der Waals surface area contributed by atoms with Crippen LogP contribution in [0.4, 0.5) is 5.95 Å². The number of rotatable bonds is 4. The summed E-state index contributed by atoms with van der Waals surface area (Å²) in [5.74, 6) is -0.846. The van der Waals surface area contributed by atoms with E-state index in [-0.39, 0.29) is 28.8 Å². The second kappa shape index (κ2) is 7.47. The van der Waals surface area contributed by atoms with Gasteiger partial charge in [-0.25, -0.2) is 4.79 Å². The minimum atomic E-state index is -0.799. The fourth-order valence-electron chi connectivity index (χ4n) is 3.11. The Labute approximate surface area is 173 Å². The van der Waals surface area contributed by atoms with E-state index in [2.05, 4.69) is 36.8 Å². The van der Waals surface area contributed by atoms with E-state index in [1.165, 1.54) is 23.9 Å². The molecule has 10 heteroatoms. The number of ketones is 1. The highest BCUT2D eigenvalue weighted by atomic mass is 79.9. The van der Waals surface area contributed by atoms with Gasteiger partial charge in [-0.3, -0.25) is 4.79 Å². The molecule has 0 unspecified atom stereocenters. The Kier molecular flexibility index (Phi) is 4.85. The Morgan fingerprint density at radius 2 is 1.83 bits per heavy atom. The second-order valence-electron chi connectivity index (χ2n) is 6.18. The van der Waals surface area contributed by atoms with Gasteiger partial charge in [0, 0.05) is 10.0 Å². The number of nitrogens with one attached hydrogen (secondary N) is 1. The summed E-state index contributed by atoms with van der Waals surface area (Å²) in [6, 6.07) is 12.2. The van der Waals surface area contributed by atoms with Crippen LogP contribution in [0.3, 0.4) is 0 Å². The monoisotopic (exact) mass is 455 g/mol. The van der Waals surface area contributed by atoms with Crippen LogP contribution in [0.1, 0.15) is 22.0 Å². The van der Waals surface area contributed by atoms with Crippen molar-refractivity contribution in [2.45, 2.75) is 6.04 Å². The van der Waals surface area contributed by atoms with E-state index in [1.807, 2.05) is 0 Å². The van der Waals surface area contributed by atoms with Crippen LogP contribution in [0.5, 0.6) is 5.75 Å². The number of anilines is 1. The molecule has 9 nitrogen and oxygen atoms in total. The number of hydrogen-bond acceptors (Lipinski definition) is 8. The molecule has 2 N–H and O–H groups in total. The van der Waals surface area contributed by atoms with E-state index in [0.717, 1.165) is 4.47 Å². The van der Waals surface area contributed by atoms with Crippen molar-refractivity contribution in [2.75, 3.05) is 12.4 Å².